The Labute approximate surface area is 186 Å². The van der Waals surface area contributed by atoms with Gasteiger partial charge in [-0.1, -0.05) is 35.9 Å². The van der Waals surface area contributed by atoms with Gasteiger partial charge in [-0.05, 0) is 31.0 Å². The van der Waals surface area contributed by atoms with Gasteiger partial charge in [0, 0.05) is 20.3 Å². The summed E-state index contributed by atoms with van der Waals surface area (Å²) in [5, 5.41) is 5.37. The van der Waals surface area contributed by atoms with Crippen molar-refractivity contribution >= 4 is 23.3 Å². The van der Waals surface area contributed by atoms with Crippen molar-refractivity contribution in [3.63, 3.8) is 0 Å². The normalized spacial score (nSPS) is 11.4. The number of hydrogen-bond acceptors (Lipinski definition) is 7. The van der Waals surface area contributed by atoms with Crippen molar-refractivity contribution in [3.05, 3.63) is 71.8 Å². The van der Waals surface area contributed by atoms with Gasteiger partial charge in [0.25, 0.3) is 0 Å². The van der Waals surface area contributed by atoms with Gasteiger partial charge in [0.1, 0.15) is 12.0 Å². The zero-order valence-electron chi connectivity index (χ0n) is 18.5. The summed E-state index contributed by atoms with van der Waals surface area (Å²) in [7, 11) is 4.95. The molecule has 2 amide bonds. The lowest BCUT2D eigenvalue weighted by molar-refractivity contribution is -0.136. The second-order valence-electron chi connectivity index (χ2n) is 7.40. The molecular formula is C23H26N6O3. The van der Waals surface area contributed by atoms with E-state index in [1.165, 1.54) is 13.4 Å². The minimum absolute atomic E-state index is 0.158. The highest BCUT2D eigenvalue weighted by Gasteiger charge is 2.24. The molecule has 2 heterocycles. The predicted molar refractivity (Wildman–Crippen MR) is 122 cm³/mol. The summed E-state index contributed by atoms with van der Waals surface area (Å²) < 4.78 is 5.22. The summed E-state index contributed by atoms with van der Waals surface area (Å²) in [4.78, 5) is 39.8. The third-order valence-electron chi connectivity index (χ3n) is 4.76. The molecule has 0 spiro atoms. The van der Waals surface area contributed by atoms with Crippen LogP contribution in [0.15, 0.2) is 55.0 Å². The molecule has 2 aromatic heterocycles. The molecule has 9 nitrogen and oxygen atoms in total. The molecule has 0 aliphatic carbocycles. The molecule has 0 fully saturated rings. The van der Waals surface area contributed by atoms with Crippen LogP contribution in [0.25, 0.3) is 0 Å². The Balaban J connectivity index is 1.80. The van der Waals surface area contributed by atoms with Crippen LogP contribution in [0.1, 0.15) is 22.9 Å². The number of anilines is 2. The summed E-state index contributed by atoms with van der Waals surface area (Å²) in [5.41, 5.74) is 3.03. The molecular weight excluding hydrogens is 408 g/mol. The smallest absolute Gasteiger partial charge is 0.313 e. The maximum absolute atomic E-state index is 12.8. The first-order valence-corrected chi connectivity index (χ1v) is 10.0. The number of nitrogens with zero attached hydrogens (tertiary/aromatic N) is 4. The maximum atomic E-state index is 12.8. The Morgan fingerprint density at radius 1 is 1.03 bits per heavy atom. The van der Waals surface area contributed by atoms with Crippen LogP contribution in [0.4, 0.5) is 11.5 Å². The van der Waals surface area contributed by atoms with Crippen molar-refractivity contribution in [2.24, 2.45) is 0 Å². The van der Waals surface area contributed by atoms with E-state index in [1.54, 1.807) is 31.3 Å². The summed E-state index contributed by atoms with van der Waals surface area (Å²) in [6, 6.07) is 13.0. The van der Waals surface area contributed by atoms with E-state index in [4.69, 9.17) is 4.74 Å². The third kappa shape index (κ3) is 5.57. The van der Waals surface area contributed by atoms with Crippen LogP contribution in [0.3, 0.4) is 0 Å². The van der Waals surface area contributed by atoms with Gasteiger partial charge < -0.3 is 20.3 Å². The number of carbonyl (C=O) groups is 2. The summed E-state index contributed by atoms with van der Waals surface area (Å²) in [6.45, 7) is 2.01. The highest BCUT2D eigenvalue weighted by molar-refractivity contribution is 6.40. The van der Waals surface area contributed by atoms with Crippen molar-refractivity contribution < 1.29 is 14.3 Å². The Morgan fingerprint density at radius 2 is 1.78 bits per heavy atom. The molecule has 0 radical (unpaired) electrons. The topological polar surface area (TPSA) is 109 Å². The number of aryl methyl sites for hydroxylation is 1. The van der Waals surface area contributed by atoms with Gasteiger partial charge >= 0.3 is 11.8 Å². The molecule has 1 unspecified atom stereocenters. The van der Waals surface area contributed by atoms with Crippen LogP contribution in [0.2, 0.25) is 0 Å². The Kier molecular flexibility index (Phi) is 7.33. The molecule has 0 saturated heterocycles. The number of hydrogen-bond donors (Lipinski definition) is 2. The van der Waals surface area contributed by atoms with Crippen LogP contribution < -0.4 is 20.3 Å². The fraction of sp³-hybridized carbons (Fsp3) is 0.261. The lowest BCUT2D eigenvalue weighted by atomic mass is 10.0. The zero-order chi connectivity index (χ0) is 23.1. The number of amides is 2. The van der Waals surface area contributed by atoms with E-state index in [2.05, 4.69) is 25.6 Å². The van der Waals surface area contributed by atoms with E-state index in [1.807, 2.05) is 43.3 Å². The Hall–Kier alpha value is -4.01. The highest BCUT2D eigenvalue weighted by Crippen LogP contribution is 2.29. The average Bonchev–Trinajstić information content (AvgIpc) is 2.80. The van der Waals surface area contributed by atoms with Gasteiger partial charge in [-0.15, -0.1) is 0 Å². The van der Waals surface area contributed by atoms with Crippen LogP contribution >= 0.6 is 0 Å². The lowest BCUT2D eigenvalue weighted by Gasteiger charge is -2.20. The van der Waals surface area contributed by atoms with Crippen molar-refractivity contribution in [2.45, 2.75) is 19.4 Å². The van der Waals surface area contributed by atoms with Gasteiger partial charge in [0.05, 0.1) is 18.8 Å². The molecule has 0 aliphatic heterocycles. The standard InChI is InChI=1S/C23H26N6O3/c1-15-8-10-16(11-9-15)13-18(17-7-5-6-12-24-17)27-21(30)22(31)28-19-20(29(2)3)25-14-26-23(19)32-4/h5-12,14,18H,13H2,1-4H3,(H,27,30)(H,28,31). The average molecular weight is 435 g/mol. The number of aromatic nitrogens is 3. The van der Waals surface area contributed by atoms with Crippen molar-refractivity contribution in [1.29, 1.82) is 0 Å². The quantitative estimate of drug-likeness (QED) is 0.549. The maximum Gasteiger partial charge on any atom is 0.313 e. The van der Waals surface area contributed by atoms with Crippen LogP contribution in [0.5, 0.6) is 5.88 Å². The Bertz CT molecular complexity index is 1070. The molecule has 0 aliphatic rings. The summed E-state index contributed by atoms with van der Waals surface area (Å²) in [5.74, 6) is -1.08. The van der Waals surface area contributed by atoms with Gasteiger partial charge in [-0.25, -0.2) is 4.98 Å². The largest absolute Gasteiger partial charge is 0.479 e. The number of benzene rings is 1. The minimum atomic E-state index is -0.856. The first-order chi connectivity index (χ1) is 15.4. The SMILES string of the molecule is COc1ncnc(N(C)C)c1NC(=O)C(=O)NC(Cc1ccc(C)cc1)c1ccccn1. The van der Waals surface area contributed by atoms with E-state index >= 15 is 0 Å². The number of pyridine rings is 1. The monoisotopic (exact) mass is 434 g/mol. The van der Waals surface area contributed by atoms with E-state index < -0.39 is 17.9 Å². The molecule has 1 aromatic carbocycles. The van der Waals surface area contributed by atoms with Crippen LogP contribution in [0, 0.1) is 6.92 Å². The number of rotatable bonds is 7. The van der Waals surface area contributed by atoms with E-state index in [-0.39, 0.29) is 11.6 Å². The first kappa shape index (κ1) is 22.7. The predicted octanol–water partition coefficient (Wildman–Crippen LogP) is 2.29. The van der Waals surface area contributed by atoms with Crippen molar-refractivity contribution in [2.75, 3.05) is 31.4 Å². The fourth-order valence-corrected chi connectivity index (χ4v) is 3.13. The fourth-order valence-electron chi connectivity index (χ4n) is 3.13. The van der Waals surface area contributed by atoms with Gasteiger partial charge in [0.15, 0.2) is 5.82 Å². The summed E-state index contributed by atoms with van der Waals surface area (Å²) >= 11 is 0. The molecule has 0 bridgehead atoms. The van der Waals surface area contributed by atoms with Crippen molar-refractivity contribution in [3.8, 4) is 5.88 Å². The van der Waals surface area contributed by atoms with Gasteiger partial charge in [0.2, 0.25) is 5.88 Å². The van der Waals surface area contributed by atoms with Crippen LogP contribution in [-0.2, 0) is 16.0 Å². The highest BCUT2D eigenvalue weighted by atomic mass is 16.5. The van der Waals surface area contributed by atoms with Gasteiger partial charge in [-0.3, -0.25) is 14.6 Å². The third-order valence-corrected chi connectivity index (χ3v) is 4.76. The van der Waals surface area contributed by atoms with Gasteiger partial charge in [-0.2, -0.15) is 4.98 Å². The molecule has 1 atom stereocenters. The van der Waals surface area contributed by atoms with E-state index in [0.717, 1.165) is 11.1 Å². The molecule has 166 valence electrons. The first-order valence-electron chi connectivity index (χ1n) is 10.0. The van der Waals surface area contributed by atoms with Crippen LogP contribution in [-0.4, -0.2) is 48.0 Å². The lowest BCUT2D eigenvalue weighted by Crippen LogP contribution is -2.39. The molecule has 0 saturated carbocycles. The number of carbonyl (C=O) groups excluding carboxylic acids is 2. The van der Waals surface area contributed by atoms with E-state index in [0.29, 0.717) is 17.9 Å². The molecule has 2 N–H and O–H groups in total. The molecule has 32 heavy (non-hydrogen) atoms. The molecule has 3 aromatic rings. The molecule has 9 heteroatoms. The Morgan fingerprint density at radius 3 is 2.41 bits per heavy atom. The second kappa shape index (κ2) is 10.3. The zero-order valence-corrected chi connectivity index (χ0v) is 18.5. The number of ether oxygens (including phenoxy) is 1. The van der Waals surface area contributed by atoms with Crippen molar-refractivity contribution in [1.82, 2.24) is 20.3 Å². The minimum Gasteiger partial charge on any atom is -0.479 e. The number of nitrogens with one attached hydrogen (secondary N) is 2. The van der Waals surface area contributed by atoms with E-state index in [9.17, 15) is 9.59 Å². The molecule has 3 rings (SSSR count). The number of methoxy groups -OCH3 is 1. The second-order valence-corrected chi connectivity index (χ2v) is 7.40. The summed E-state index contributed by atoms with van der Waals surface area (Å²) in [6.07, 6.45) is 3.46.